The van der Waals surface area contributed by atoms with Crippen LogP contribution in [0.5, 0.6) is 0 Å². The lowest BCUT2D eigenvalue weighted by Crippen LogP contribution is -1.97. The molecule has 0 aliphatic heterocycles. The Morgan fingerprint density at radius 1 is 0.826 bits per heavy atom. The van der Waals surface area contributed by atoms with Gasteiger partial charge < -0.3 is 10.2 Å². The fraction of sp³-hybridized carbons (Fsp3) is 0.200. The molecule has 23 heavy (non-hydrogen) atoms. The normalized spacial score (nSPS) is 10.7. The van der Waals surface area contributed by atoms with Crippen LogP contribution in [0.2, 0.25) is 0 Å². The first-order chi connectivity index (χ1) is 11.2. The van der Waals surface area contributed by atoms with E-state index in [2.05, 4.69) is 20.6 Å². The zero-order valence-electron chi connectivity index (χ0n) is 12.5. The second kappa shape index (κ2) is 6.51. The lowest BCUT2D eigenvalue weighted by molar-refractivity contribution is 0.197. The summed E-state index contributed by atoms with van der Waals surface area (Å²) in [7, 11) is 0. The Balaban J connectivity index is 0.000000136. The van der Waals surface area contributed by atoms with Gasteiger partial charge in [0.2, 0.25) is 0 Å². The van der Waals surface area contributed by atoms with Crippen LogP contribution in [0, 0.1) is 6.92 Å². The van der Waals surface area contributed by atoms with Crippen LogP contribution >= 0.6 is 0 Å². The van der Waals surface area contributed by atoms with Gasteiger partial charge in [-0.2, -0.15) is 0 Å². The second-order valence-corrected chi connectivity index (χ2v) is 4.89. The number of rotatable bonds is 2. The van der Waals surface area contributed by atoms with Crippen molar-refractivity contribution in [3.8, 4) is 0 Å². The maximum Gasteiger partial charge on any atom is 0.138 e. The number of fused-ring (bicyclic) bond motifs is 2. The molecule has 0 amide bonds. The molecule has 0 saturated carbocycles. The molecule has 8 nitrogen and oxygen atoms in total. The fourth-order valence-corrected chi connectivity index (χ4v) is 2.26. The maximum atomic E-state index is 8.88. The summed E-state index contributed by atoms with van der Waals surface area (Å²) in [6.45, 7) is 1.72. The second-order valence-electron chi connectivity index (χ2n) is 4.89. The summed E-state index contributed by atoms with van der Waals surface area (Å²) in [6, 6.07) is 13.3. The molecule has 0 saturated heterocycles. The van der Waals surface area contributed by atoms with Crippen molar-refractivity contribution in [1.82, 2.24) is 30.0 Å². The van der Waals surface area contributed by atoms with Crippen LogP contribution in [0.3, 0.4) is 0 Å². The quantitative estimate of drug-likeness (QED) is 0.574. The molecule has 118 valence electrons. The van der Waals surface area contributed by atoms with E-state index < -0.39 is 0 Å². The van der Waals surface area contributed by atoms with Crippen molar-refractivity contribution in [3.05, 3.63) is 48.0 Å². The van der Waals surface area contributed by atoms with E-state index in [0.717, 1.165) is 27.6 Å². The largest absolute Gasteiger partial charge is 0.374 e. The van der Waals surface area contributed by atoms with E-state index in [0.29, 0.717) is 0 Å². The summed E-state index contributed by atoms with van der Waals surface area (Å²) in [6.07, 6.45) is 0. The molecule has 4 aromatic rings. The molecule has 0 aliphatic carbocycles. The fourth-order valence-electron chi connectivity index (χ4n) is 2.26. The van der Waals surface area contributed by atoms with E-state index >= 15 is 0 Å². The Morgan fingerprint density at radius 3 is 2.26 bits per heavy atom. The molecule has 0 atom stereocenters. The molecule has 0 fully saturated rings. The molecule has 0 aliphatic rings. The van der Waals surface area contributed by atoms with Gasteiger partial charge in [-0.25, -0.2) is 9.36 Å². The van der Waals surface area contributed by atoms with Crippen LogP contribution < -0.4 is 0 Å². The summed E-state index contributed by atoms with van der Waals surface area (Å²) in [4.78, 5) is 0. The summed E-state index contributed by atoms with van der Waals surface area (Å²) in [5, 5.41) is 33.0. The molecule has 8 heteroatoms. The van der Waals surface area contributed by atoms with E-state index in [1.165, 1.54) is 9.36 Å². The van der Waals surface area contributed by atoms with Crippen LogP contribution in [0.4, 0.5) is 0 Å². The predicted molar refractivity (Wildman–Crippen MR) is 84.2 cm³/mol. The molecular formula is C15H16N6O2. The van der Waals surface area contributed by atoms with Crippen LogP contribution in [0.15, 0.2) is 42.5 Å². The minimum absolute atomic E-state index is 0.124. The van der Waals surface area contributed by atoms with Crippen molar-refractivity contribution in [3.63, 3.8) is 0 Å². The first-order valence-electron chi connectivity index (χ1n) is 7.03. The molecule has 0 radical (unpaired) electrons. The van der Waals surface area contributed by atoms with Gasteiger partial charge in [0, 0.05) is 0 Å². The topological polar surface area (TPSA) is 102 Å². The average molecular weight is 312 g/mol. The highest BCUT2D eigenvalue weighted by Crippen LogP contribution is 2.14. The van der Waals surface area contributed by atoms with E-state index in [1.54, 1.807) is 0 Å². The first kappa shape index (κ1) is 15.1. The van der Waals surface area contributed by atoms with Crippen LogP contribution in [0.25, 0.3) is 22.1 Å². The molecule has 2 N–H and O–H groups in total. The molecule has 0 spiro atoms. The minimum atomic E-state index is -0.125. The number of benzene rings is 2. The van der Waals surface area contributed by atoms with Gasteiger partial charge in [-0.3, -0.25) is 0 Å². The minimum Gasteiger partial charge on any atom is -0.374 e. The molecule has 2 aromatic carbocycles. The van der Waals surface area contributed by atoms with Crippen LogP contribution in [-0.2, 0) is 13.5 Å². The number of aliphatic hydroxyl groups is 2. The van der Waals surface area contributed by atoms with Gasteiger partial charge in [-0.15, -0.1) is 10.2 Å². The van der Waals surface area contributed by atoms with Gasteiger partial charge >= 0.3 is 0 Å². The Hall–Kier alpha value is -2.84. The van der Waals surface area contributed by atoms with Crippen molar-refractivity contribution >= 4 is 22.1 Å². The van der Waals surface area contributed by atoms with E-state index in [1.807, 2.05) is 49.4 Å². The number of para-hydroxylation sites is 1. The van der Waals surface area contributed by atoms with E-state index in [4.69, 9.17) is 10.2 Å². The maximum absolute atomic E-state index is 8.88. The summed E-state index contributed by atoms with van der Waals surface area (Å²) >= 11 is 0. The highest BCUT2D eigenvalue weighted by atomic mass is 16.3. The number of aryl methyl sites for hydroxylation is 1. The number of hydrogen-bond donors (Lipinski definition) is 2. The SMILES string of the molecule is Cc1cccc2c1nnn2CO.OCn1nnc2ccccc21. The highest BCUT2D eigenvalue weighted by molar-refractivity contribution is 5.77. The standard InChI is InChI=1S/C8H9N3O.C7H7N3O/c1-6-3-2-4-7-8(6)9-10-11(7)5-12;11-5-10-7-4-2-1-3-6(7)8-9-10/h2-4,12H,5H2,1H3;1-4,11H,5H2. The van der Waals surface area contributed by atoms with Crippen molar-refractivity contribution in [1.29, 1.82) is 0 Å². The van der Waals surface area contributed by atoms with Gasteiger partial charge in [0.15, 0.2) is 0 Å². The summed E-state index contributed by atoms with van der Waals surface area (Å²) < 4.78 is 2.90. The summed E-state index contributed by atoms with van der Waals surface area (Å²) in [5.41, 5.74) is 4.47. The molecule has 0 unspecified atom stereocenters. The van der Waals surface area contributed by atoms with Crippen molar-refractivity contribution in [2.75, 3.05) is 0 Å². The van der Waals surface area contributed by atoms with Gasteiger partial charge in [-0.1, -0.05) is 34.7 Å². The van der Waals surface area contributed by atoms with E-state index in [-0.39, 0.29) is 13.5 Å². The number of nitrogens with zero attached hydrogens (tertiary/aromatic N) is 6. The van der Waals surface area contributed by atoms with Crippen molar-refractivity contribution in [2.45, 2.75) is 20.4 Å². The lowest BCUT2D eigenvalue weighted by Gasteiger charge is -1.95. The zero-order valence-corrected chi connectivity index (χ0v) is 12.5. The van der Waals surface area contributed by atoms with E-state index in [9.17, 15) is 0 Å². The van der Waals surface area contributed by atoms with Gasteiger partial charge in [0.1, 0.15) is 24.5 Å². The Kier molecular flexibility index (Phi) is 4.26. The smallest absolute Gasteiger partial charge is 0.138 e. The third-order valence-electron chi connectivity index (χ3n) is 3.44. The van der Waals surface area contributed by atoms with Crippen molar-refractivity contribution in [2.24, 2.45) is 0 Å². The number of hydrogen-bond acceptors (Lipinski definition) is 6. The first-order valence-corrected chi connectivity index (χ1v) is 7.03. The van der Waals surface area contributed by atoms with Crippen LogP contribution in [-0.4, -0.2) is 40.2 Å². The van der Waals surface area contributed by atoms with Gasteiger partial charge in [0.25, 0.3) is 0 Å². The molecule has 4 rings (SSSR count). The third kappa shape index (κ3) is 2.89. The monoisotopic (exact) mass is 312 g/mol. The zero-order chi connectivity index (χ0) is 16.2. The predicted octanol–water partition coefficient (Wildman–Crippen LogP) is 1.07. The van der Waals surface area contributed by atoms with Gasteiger partial charge in [-0.05, 0) is 30.7 Å². The molecule has 0 bridgehead atoms. The Bertz CT molecular complexity index is 930. The number of aliphatic hydroxyl groups excluding tert-OH is 2. The molecule has 2 aromatic heterocycles. The van der Waals surface area contributed by atoms with Crippen LogP contribution in [0.1, 0.15) is 5.56 Å². The Morgan fingerprint density at radius 2 is 1.48 bits per heavy atom. The Labute approximate surface area is 131 Å². The highest BCUT2D eigenvalue weighted by Gasteiger charge is 2.03. The number of aromatic nitrogens is 6. The molecular weight excluding hydrogens is 296 g/mol. The molecule has 2 heterocycles. The lowest BCUT2D eigenvalue weighted by atomic mass is 10.2. The third-order valence-corrected chi connectivity index (χ3v) is 3.44. The van der Waals surface area contributed by atoms with Gasteiger partial charge in [0.05, 0.1) is 11.0 Å². The summed E-state index contributed by atoms with van der Waals surface area (Å²) in [5.74, 6) is 0. The van der Waals surface area contributed by atoms with Crippen molar-refractivity contribution < 1.29 is 10.2 Å². The average Bonchev–Trinajstić information content (AvgIpc) is 3.20.